The van der Waals surface area contributed by atoms with Crippen LogP contribution in [0.3, 0.4) is 0 Å². The summed E-state index contributed by atoms with van der Waals surface area (Å²) in [5.74, 6) is -2.61. The van der Waals surface area contributed by atoms with Gasteiger partial charge >= 0.3 is 5.97 Å². The predicted octanol–water partition coefficient (Wildman–Crippen LogP) is 3.81. The van der Waals surface area contributed by atoms with Crippen molar-refractivity contribution in [3.63, 3.8) is 0 Å². The molecular weight excluding hydrogens is 446 g/mol. The predicted molar refractivity (Wildman–Crippen MR) is 119 cm³/mol. The number of para-hydroxylation sites is 1. The Labute approximate surface area is 192 Å². The molecule has 3 aromatic rings. The van der Waals surface area contributed by atoms with Crippen LogP contribution in [-0.4, -0.2) is 30.3 Å². The molecule has 1 aliphatic rings. The number of hydrogen-bond donors (Lipinski definition) is 1. The number of benzene rings is 3. The van der Waals surface area contributed by atoms with Crippen LogP contribution in [0.15, 0.2) is 66.7 Å². The van der Waals surface area contributed by atoms with Gasteiger partial charge in [0.1, 0.15) is 0 Å². The van der Waals surface area contributed by atoms with E-state index in [1.165, 1.54) is 24.3 Å². The normalized spacial score (nSPS) is 12.2. The molecule has 0 bridgehead atoms. The number of halogens is 1. The molecule has 0 spiro atoms. The highest BCUT2D eigenvalue weighted by atomic mass is 35.5. The van der Waals surface area contributed by atoms with Crippen molar-refractivity contribution < 1.29 is 23.9 Å². The van der Waals surface area contributed by atoms with Crippen LogP contribution in [0.4, 0.5) is 11.4 Å². The summed E-state index contributed by atoms with van der Waals surface area (Å²) in [6.07, 6.45) is 0. The van der Waals surface area contributed by atoms with Crippen molar-refractivity contribution in [3.8, 4) is 6.07 Å². The van der Waals surface area contributed by atoms with E-state index in [0.29, 0.717) is 11.3 Å². The molecule has 3 amide bonds. The number of amides is 3. The molecule has 1 aliphatic heterocycles. The third-order valence-corrected chi connectivity index (χ3v) is 5.15. The number of fused-ring (bicyclic) bond motifs is 1. The molecular formula is C24H14ClN3O5. The topological polar surface area (TPSA) is 117 Å². The van der Waals surface area contributed by atoms with E-state index in [0.717, 1.165) is 4.90 Å². The van der Waals surface area contributed by atoms with Crippen LogP contribution in [0.5, 0.6) is 0 Å². The minimum Gasteiger partial charge on any atom is -0.452 e. The minimum absolute atomic E-state index is 0.00943. The molecule has 0 fully saturated rings. The van der Waals surface area contributed by atoms with Gasteiger partial charge in [-0.05, 0) is 48.5 Å². The van der Waals surface area contributed by atoms with Crippen LogP contribution < -0.4 is 10.2 Å². The van der Waals surface area contributed by atoms with Gasteiger partial charge < -0.3 is 10.1 Å². The molecule has 0 saturated carbocycles. The van der Waals surface area contributed by atoms with Crippen molar-refractivity contribution in [2.75, 3.05) is 16.8 Å². The average Bonchev–Trinajstić information content (AvgIpc) is 3.07. The Hall–Kier alpha value is -4.48. The highest BCUT2D eigenvalue weighted by molar-refractivity contribution is 6.39. The number of nitrogens with one attached hydrogen (secondary N) is 1. The Balaban J connectivity index is 1.45. The Kier molecular flexibility index (Phi) is 5.89. The van der Waals surface area contributed by atoms with E-state index >= 15 is 0 Å². The maximum atomic E-state index is 12.9. The molecule has 3 aromatic carbocycles. The van der Waals surface area contributed by atoms with Gasteiger partial charge in [-0.2, -0.15) is 5.26 Å². The molecule has 0 saturated heterocycles. The maximum absolute atomic E-state index is 12.9. The second-order valence-corrected chi connectivity index (χ2v) is 7.38. The van der Waals surface area contributed by atoms with Gasteiger partial charge in [-0.15, -0.1) is 0 Å². The van der Waals surface area contributed by atoms with Crippen molar-refractivity contribution in [3.05, 3.63) is 94.0 Å². The number of nitriles is 1. The van der Waals surface area contributed by atoms with Crippen molar-refractivity contribution in [2.45, 2.75) is 0 Å². The lowest BCUT2D eigenvalue weighted by Crippen LogP contribution is -2.29. The van der Waals surface area contributed by atoms with Gasteiger partial charge in [-0.3, -0.25) is 14.4 Å². The van der Waals surface area contributed by atoms with Crippen molar-refractivity contribution in [2.24, 2.45) is 0 Å². The smallest absolute Gasteiger partial charge is 0.338 e. The highest BCUT2D eigenvalue weighted by Crippen LogP contribution is 2.33. The van der Waals surface area contributed by atoms with Crippen LogP contribution >= 0.6 is 11.6 Å². The number of imide groups is 1. The standard InChI is InChI=1S/C24H14ClN3O5/c25-19-6-1-2-7-20(19)28-22(30)17-9-8-15(11-18(17)23(28)31)24(32)33-13-21(29)27-16-5-3-4-14(10-16)12-26/h1-11H,13H2,(H,27,29). The summed E-state index contributed by atoms with van der Waals surface area (Å²) in [4.78, 5) is 51.0. The largest absolute Gasteiger partial charge is 0.452 e. The Bertz CT molecular complexity index is 1360. The summed E-state index contributed by atoms with van der Waals surface area (Å²) in [5, 5.41) is 11.7. The molecule has 0 aromatic heterocycles. The third kappa shape index (κ3) is 4.31. The zero-order valence-electron chi connectivity index (χ0n) is 16.9. The van der Waals surface area contributed by atoms with Gasteiger partial charge in [-0.25, -0.2) is 9.69 Å². The van der Waals surface area contributed by atoms with Gasteiger partial charge in [0.05, 0.1) is 39.0 Å². The molecule has 1 N–H and O–H groups in total. The Morgan fingerprint density at radius 2 is 1.73 bits per heavy atom. The summed E-state index contributed by atoms with van der Waals surface area (Å²) in [7, 11) is 0. The first kappa shape index (κ1) is 21.7. The van der Waals surface area contributed by atoms with Gasteiger partial charge in [0.2, 0.25) is 0 Å². The monoisotopic (exact) mass is 459 g/mol. The first-order valence-corrected chi connectivity index (χ1v) is 10.0. The lowest BCUT2D eigenvalue weighted by molar-refractivity contribution is -0.119. The number of nitrogens with zero attached hydrogens (tertiary/aromatic N) is 2. The van der Waals surface area contributed by atoms with Gasteiger partial charge in [0, 0.05) is 5.69 Å². The Morgan fingerprint density at radius 3 is 2.48 bits per heavy atom. The zero-order chi connectivity index (χ0) is 23.5. The highest BCUT2D eigenvalue weighted by Gasteiger charge is 2.38. The second-order valence-electron chi connectivity index (χ2n) is 6.97. The molecule has 33 heavy (non-hydrogen) atoms. The maximum Gasteiger partial charge on any atom is 0.338 e. The molecule has 162 valence electrons. The summed E-state index contributed by atoms with van der Waals surface area (Å²) >= 11 is 6.13. The molecule has 0 radical (unpaired) electrons. The van der Waals surface area contributed by atoms with Gasteiger partial charge in [-0.1, -0.05) is 29.8 Å². The first-order valence-electron chi connectivity index (χ1n) is 9.63. The van der Waals surface area contributed by atoms with Gasteiger partial charge in [0.15, 0.2) is 6.61 Å². The van der Waals surface area contributed by atoms with Crippen LogP contribution in [-0.2, 0) is 9.53 Å². The first-order chi connectivity index (χ1) is 15.9. The lowest BCUT2D eigenvalue weighted by atomic mass is 10.1. The number of hydrogen-bond acceptors (Lipinski definition) is 6. The van der Waals surface area contributed by atoms with E-state index in [2.05, 4.69) is 5.32 Å². The summed E-state index contributed by atoms with van der Waals surface area (Å²) in [6, 6.07) is 18.6. The zero-order valence-corrected chi connectivity index (χ0v) is 17.6. The summed E-state index contributed by atoms with van der Waals surface area (Å²) < 4.78 is 5.02. The number of carbonyl (C=O) groups is 4. The summed E-state index contributed by atoms with van der Waals surface area (Å²) in [5.41, 5.74) is 1.17. The summed E-state index contributed by atoms with van der Waals surface area (Å²) in [6.45, 7) is -0.578. The fourth-order valence-electron chi connectivity index (χ4n) is 3.30. The van der Waals surface area contributed by atoms with Crippen LogP contribution in [0.2, 0.25) is 5.02 Å². The molecule has 0 atom stereocenters. The fourth-order valence-corrected chi connectivity index (χ4v) is 3.52. The quantitative estimate of drug-likeness (QED) is 0.458. The lowest BCUT2D eigenvalue weighted by Gasteiger charge is -2.15. The second kappa shape index (κ2) is 8.94. The van der Waals surface area contributed by atoms with E-state index in [4.69, 9.17) is 21.6 Å². The van der Waals surface area contributed by atoms with E-state index < -0.39 is 30.3 Å². The Morgan fingerprint density at radius 1 is 0.970 bits per heavy atom. The number of carbonyl (C=O) groups excluding carboxylic acids is 4. The average molecular weight is 460 g/mol. The van der Waals surface area contributed by atoms with Crippen LogP contribution in [0, 0.1) is 11.3 Å². The van der Waals surface area contributed by atoms with E-state index in [1.54, 1.807) is 42.5 Å². The fraction of sp³-hybridized carbons (Fsp3) is 0.0417. The molecule has 9 heteroatoms. The van der Waals surface area contributed by atoms with Crippen molar-refractivity contribution >= 4 is 46.7 Å². The molecule has 8 nitrogen and oxygen atoms in total. The molecule has 1 heterocycles. The van der Waals surface area contributed by atoms with Crippen molar-refractivity contribution in [1.82, 2.24) is 0 Å². The van der Waals surface area contributed by atoms with E-state index in [-0.39, 0.29) is 27.4 Å². The van der Waals surface area contributed by atoms with E-state index in [9.17, 15) is 19.2 Å². The molecule has 0 aliphatic carbocycles. The molecule has 0 unspecified atom stereocenters. The number of anilines is 2. The van der Waals surface area contributed by atoms with Crippen molar-refractivity contribution in [1.29, 1.82) is 5.26 Å². The van der Waals surface area contributed by atoms with E-state index in [1.807, 2.05) is 6.07 Å². The number of esters is 1. The number of rotatable bonds is 5. The molecule has 4 rings (SSSR count). The van der Waals surface area contributed by atoms with Crippen LogP contribution in [0.1, 0.15) is 36.6 Å². The minimum atomic E-state index is -0.838. The van der Waals surface area contributed by atoms with Gasteiger partial charge in [0.25, 0.3) is 17.7 Å². The number of ether oxygens (including phenoxy) is 1. The SMILES string of the molecule is N#Cc1cccc(NC(=O)COC(=O)c2ccc3c(c2)C(=O)N(c2ccccc2Cl)C3=O)c1. The van der Waals surface area contributed by atoms with Crippen LogP contribution in [0.25, 0.3) is 0 Å². The third-order valence-electron chi connectivity index (χ3n) is 4.83.